The van der Waals surface area contributed by atoms with Gasteiger partial charge in [-0.3, -0.25) is 14.3 Å². The third-order valence-corrected chi connectivity index (χ3v) is 5.48. The lowest BCUT2D eigenvalue weighted by Gasteiger charge is -2.19. The Morgan fingerprint density at radius 3 is 2.25 bits per heavy atom. The summed E-state index contributed by atoms with van der Waals surface area (Å²) in [7, 11) is 3.08. The van der Waals surface area contributed by atoms with Crippen molar-refractivity contribution >= 4 is 27.6 Å². The standard InChI is InChI=1S/C25H24N2O5/c1-6-32-25(29)22-15(3)26-14(2)21-23(22)17-12-19(30-4)20(31-5)13-18(17)27(24(21)28)16-10-8-7-9-11-16/h7-13H,6H2,1-5H3. The van der Waals surface area contributed by atoms with Gasteiger partial charge in [0.2, 0.25) is 0 Å². The molecule has 0 atom stereocenters. The normalized spacial score (nSPS) is 11.0. The van der Waals surface area contributed by atoms with E-state index in [1.165, 1.54) is 7.11 Å². The van der Waals surface area contributed by atoms with E-state index >= 15 is 0 Å². The number of hydrogen-bond acceptors (Lipinski definition) is 6. The molecule has 4 aromatic rings. The molecule has 4 rings (SSSR count). The lowest BCUT2D eigenvalue weighted by molar-refractivity contribution is 0.0527. The van der Waals surface area contributed by atoms with Gasteiger partial charge in [0.25, 0.3) is 5.56 Å². The zero-order valence-corrected chi connectivity index (χ0v) is 18.7. The molecule has 0 saturated carbocycles. The van der Waals surface area contributed by atoms with Gasteiger partial charge in [0.05, 0.1) is 48.7 Å². The fraction of sp³-hybridized carbons (Fsp3) is 0.240. The predicted molar refractivity (Wildman–Crippen MR) is 123 cm³/mol. The molecule has 0 saturated heterocycles. The molecule has 0 unspecified atom stereocenters. The van der Waals surface area contributed by atoms with E-state index in [2.05, 4.69) is 4.98 Å². The first-order valence-electron chi connectivity index (χ1n) is 10.3. The molecule has 2 aromatic carbocycles. The summed E-state index contributed by atoms with van der Waals surface area (Å²) in [6.07, 6.45) is 0. The molecule has 0 spiro atoms. The van der Waals surface area contributed by atoms with Crippen molar-refractivity contribution in [1.82, 2.24) is 9.55 Å². The van der Waals surface area contributed by atoms with Crippen LogP contribution in [0.15, 0.2) is 47.3 Å². The summed E-state index contributed by atoms with van der Waals surface area (Å²) in [6, 6.07) is 12.9. The van der Waals surface area contributed by atoms with E-state index < -0.39 is 5.97 Å². The highest BCUT2D eigenvalue weighted by Gasteiger charge is 2.25. The van der Waals surface area contributed by atoms with Crippen LogP contribution in [0.25, 0.3) is 27.4 Å². The van der Waals surface area contributed by atoms with Gasteiger partial charge in [0.15, 0.2) is 11.5 Å². The van der Waals surface area contributed by atoms with Crippen molar-refractivity contribution in [2.75, 3.05) is 20.8 Å². The van der Waals surface area contributed by atoms with Crippen LogP contribution in [0.5, 0.6) is 11.5 Å². The van der Waals surface area contributed by atoms with Crippen molar-refractivity contribution < 1.29 is 19.0 Å². The maximum absolute atomic E-state index is 13.9. The van der Waals surface area contributed by atoms with E-state index in [4.69, 9.17) is 14.2 Å². The van der Waals surface area contributed by atoms with E-state index in [-0.39, 0.29) is 17.7 Å². The molecule has 2 heterocycles. The SMILES string of the molecule is CCOC(=O)c1c(C)nc(C)c2c(=O)n(-c3ccccc3)c3cc(OC)c(OC)cc3c12. The van der Waals surface area contributed by atoms with Gasteiger partial charge in [-0.2, -0.15) is 0 Å². The molecule has 7 nitrogen and oxygen atoms in total. The molecule has 0 bridgehead atoms. The molecule has 2 aromatic heterocycles. The number of para-hydroxylation sites is 1. The van der Waals surface area contributed by atoms with Crippen LogP contribution in [0.3, 0.4) is 0 Å². The summed E-state index contributed by atoms with van der Waals surface area (Å²) in [5.41, 5.74) is 2.32. The zero-order valence-electron chi connectivity index (χ0n) is 18.7. The van der Waals surface area contributed by atoms with Crippen molar-refractivity contribution in [2.45, 2.75) is 20.8 Å². The van der Waals surface area contributed by atoms with Gasteiger partial charge in [0.1, 0.15) is 0 Å². The van der Waals surface area contributed by atoms with Crippen LogP contribution in [0, 0.1) is 13.8 Å². The van der Waals surface area contributed by atoms with Crippen LogP contribution in [0.2, 0.25) is 0 Å². The Morgan fingerprint density at radius 2 is 1.62 bits per heavy atom. The van der Waals surface area contributed by atoms with Gasteiger partial charge in [-0.15, -0.1) is 0 Å². The number of pyridine rings is 2. The number of fused-ring (bicyclic) bond motifs is 3. The second-order valence-corrected chi connectivity index (χ2v) is 7.33. The van der Waals surface area contributed by atoms with Gasteiger partial charge < -0.3 is 14.2 Å². The van der Waals surface area contributed by atoms with E-state index in [0.29, 0.717) is 50.2 Å². The van der Waals surface area contributed by atoms with Crippen LogP contribution in [-0.2, 0) is 4.74 Å². The highest BCUT2D eigenvalue weighted by Crippen LogP contribution is 2.37. The molecule has 0 aliphatic carbocycles. The number of esters is 1. The molecular weight excluding hydrogens is 408 g/mol. The number of ether oxygens (including phenoxy) is 3. The van der Waals surface area contributed by atoms with Gasteiger partial charge in [0, 0.05) is 22.5 Å². The van der Waals surface area contributed by atoms with Gasteiger partial charge >= 0.3 is 5.97 Å². The minimum Gasteiger partial charge on any atom is -0.493 e. The lowest BCUT2D eigenvalue weighted by Crippen LogP contribution is -2.22. The fourth-order valence-electron chi connectivity index (χ4n) is 4.14. The second-order valence-electron chi connectivity index (χ2n) is 7.33. The Balaban J connectivity index is 2.33. The number of methoxy groups -OCH3 is 2. The highest BCUT2D eigenvalue weighted by atomic mass is 16.5. The Hall–Kier alpha value is -3.87. The number of aryl methyl sites for hydroxylation is 2. The first kappa shape index (κ1) is 21.4. The second kappa shape index (κ2) is 8.34. The number of benzene rings is 2. The molecule has 0 fully saturated rings. The minimum atomic E-state index is -0.518. The smallest absolute Gasteiger partial charge is 0.340 e. The van der Waals surface area contributed by atoms with Crippen LogP contribution < -0.4 is 15.0 Å². The van der Waals surface area contributed by atoms with Crippen molar-refractivity contribution in [2.24, 2.45) is 0 Å². The van der Waals surface area contributed by atoms with E-state index in [9.17, 15) is 9.59 Å². The summed E-state index contributed by atoms with van der Waals surface area (Å²) in [4.78, 5) is 31.3. The molecule has 0 aliphatic rings. The van der Waals surface area contributed by atoms with Crippen molar-refractivity contribution in [3.63, 3.8) is 0 Å². The number of rotatable bonds is 5. The quantitative estimate of drug-likeness (QED) is 0.345. The first-order valence-corrected chi connectivity index (χ1v) is 10.3. The Bertz CT molecular complexity index is 1410. The molecule has 7 heteroatoms. The molecule has 164 valence electrons. The highest BCUT2D eigenvalue weighted by molar-refractivity contribution is 6.17. The van der Waals surface area contributed by atoms with Crippen LogP contribution in [-0.4, -0.2) is 36.3 Å². The topological polar surface area (TPSA) is 79.7 Å². The average Bonchev–Trinajstić information content (AvgIpc) is 2.78. The fourth-order valence-corrected chi connectivity index (χ4v) is 4.14. The average molecular weight is 432 g/mol. The molecular formula is C25H24N2O5. The van der Waals surface area contributed by atoms with Crippen LogP contribution >= 0.6 is 0 Å². The lowest BCUT2D eigenvalue weighted by atomic mass is 9.98. The summed E-state index contributed by atoms with van der Waals surface area (Å²) in [6.45, 7) is 5.47. The number of carbonyl (C=O) groups excluding carboxylic acids is 1. The van der Waals surface area contributed by atoms with Gasteiger partial charge in [-0.25, -0.2) is 4.79 Å². The van der Waals surface area contributed by atoms with Gasteiger partial charge in [-0.1, -0.05) is 18.2 Å². The molecule has 0 aliphatic heterocycles. The summed E-state index contributed by atoms with van der Waals surface area (Å²) in [5, 5.41) is 1.53. The Kier molecular flexibility index (Phi) is 5.57. The van der Waals surface area contributed by atoms with Crippen LogP contribution in [0.4, 0.5) is 0 Å². The van der Waals surface area contributed by atoms with Crippen molar-refractivity contribution in [1.29, 1.82) is 0 Å². The maximum atomic E-state index is 13.9. The largest absolute Gasteiger partial charge is 0.493 e. The maximum Gasteiger partial charge on any atom is 0.340 e. The molecule has 0 N–H and O–H groups in total. The zero-order chi connectivity index (χ0) is 23.0. The van der Waals surface area contributed by atoms with Crippen molar-refractivity contribution in [3.8, 4) is 17.2 Å². The molecule has 0 radical (unpaired) electrons. The third kappa shape index (κ3) is 3.26. The van der Waals surface area contributed by atoms with E-state index in [1.807, 2.05) is 30.3 Å². The van der Waals surface area contributed by atoms with E-state index in [0.717, 1.165) is 0 Å². The van der Waals surface area contributed by atoms with Crippen LogP contribution in [0.1, 0.15) is 28.7 Å². The monoisotopic (exact) mass is 432 g/mol. The molecule has 32 heavy (non-hydrogen) atoms. The number of carbonyl (C=O) groups is 1. The predicted octanol–water partition coefficient (Wildman–Crippen LogP) is 4.35. The first-order chi connectivity index (χ1) is 15.4. The third-order valence-electron chi connectivity index (χ3n) is 5.48. The summed E-state index contributed by atoms with van der Waals surface area (Å²) < 4.78 is 18.0. The minimum absolute atomic E-state index is 0.212. The Morgan fingerprint density at radius 1 is 0.969 bits per heavy atom. The Labute approximate surface area is 185 Å². The number of hydrogen-bond donors (Lipinski definition) is 0. The molecule has 0 amide bonds. The van der Waals surface area contributed by atoms with Crippen molar-refractivity contribution in [3.05, 3.63) is 69.8 Å². The summed E-state index contributed by atoms with van der Waals surface area (Å²) >= 11 is 0. The number of aromatic nitrogens is 2. The van der Waals surface area contributed by atoms with Gasteiger partial charge in [-0.05, 0) is 39.0 Å². The summed E-state index contributed by atoms with van der Waals surface area (Å²) in [5.74, 6) is 0.445. The van der Waals surface area contributed by atoms with E-state index in [1.54, 1.807) is 44.6 Å². The number of nitrogens with zero attached hydrogens (tertiary/aromatic N) is 2.